The average Bonchev–Trinajstić information content (AvgIpc) is 2.87. The van der Waals surface area contributed by atoms with Crippen LogP contribution in [0.15, 0.2) is 60.7 Å². The summed E-state index contributed by atoms with van der Waals surface area (Å²) < 4.78 is 13.5. The van der Waals surface area contributed by atoms with E-state index in [0.717, 1.165) is 5.56 Å². The zero-order valence-electron chi connectivity index (χ0n) is 19.4. The molecule has 4 N–H and O–H groups in total. The van der Waals surface area contributed by atoms with Gasteiger partial charge in [-0.3, -0.25) is 9.59 Å². The Kier molecular flexibility index (Phi) is 9.28. The first kappa shape index (κ1) is 25.3. The minimum atomic E-state index is -0.463. The number of hydrogen-bond acceptors (Lipinski definition) is 6. The van der Waals surface area contributed by atoms with Crippen molar-refractivity contribution in [2.75, 3.05) is 38.5 Å². The molecule has 0 spiro atoms. The molecule has 8 nitrogen and oxygen atoms in total. The van der Waals surface area contributed by atoms with Gasteiger partial charge in [0.1, 0.15) is 11.6 Å². The van der Waals surface area contributed by atoms with Crippen LogP contribution in [0.4, 0.5) is 10.2 Å². The van der Waals surface area contributed by atoms with Crippen LogP contribution in [0.1, 0.15) is 21.5 Å². The summed E-state index contributed by atoms with van der Waals surface area (Å²) in [5, 5.41) is 20.8. The summed E-state index contributed by atoms with van der Waals surface area (Å²) in [7, 11) is 1.78. The van der Waals surface area contributed by atoms with Crippen molar-refractivity contribution in [3.05, 3.63) is 83.2 Å². The lowest BCUT2D eigenvalue weighted by Crippen LogP contribution is -2.39. The van der Waals surface area contributed by atoms with Crippen LogP contribution in [0.3, 0.4) is 0 Å². The van der Waals surface area contributed by atoms with Gasteiger partial charge in [-0.15, -0.1) is 0 Å². The minimum absolute atomic E-state index is 0.176. The predicted molar refractivity (Wildman–Crippen MR) is 132 cm³/mol. The smallest absolute Gasteiger partial charge is 0.255 e. The van der Waals surface area contributed by atoms with E-state index in [0.29, 0.717) is 48.7 Å². The lowest BCUT2D eigenvalue weighted by atomic mass is 10.0. The number of benzene rings is 2. The topological polar surface area (TPSA) is 119 Å². The van der Waals surface area contributed by atoms with Crippen LogP contribution < -0.4 is 21.3 Å². The van der Waals surface area contributed by atoms with Crippen LogP contribution in [0.25, 0.3) is 11.3 Å². The number of carbonyl (C=O) groups is 2. The molecule has 35 heavy (non-hydrogen) atoms. The number of rotatable bonds is 11. The summed E-state index contributed by atoms with van der Waals surface area (Å²) in [4.78, 5) is 29.4. The second kappa shape index (κ2) is 12.8. The highest BCUT2D eigenvalue weighted by Crippen LogP contribution is 2.25. The fourth-order valence-electron chi connectivity index (χ4n) is 3.39. The summed E-state index contributed by atoms with van der Waals surface area (Å²) >= 11 is 0. The third-order valence-corrected chi connectivity index (χ3v) is 5.17. The fraction of sp³-hybridized carbons (Fsp3) is 0.231. The summed E-state index contributed by atoms with van der Waals surface area (Å²) in [5.74, 6) is -0.778. The van der Waals surface area contributed by atoms with Crippen molar-refractivity contribution >= 4 is 17.6 Å². The Bertz CT molecular complexity index is 1220. The number of amides is 2. The number of likely N-dealkylation sites (N-methyl/N-ethyl adjacent to an activating group) is 1. The number of anilines is 1. The van der Waals surface area contributed by atoms with Gasteiger partial charge in [0.15, 0.2) is 0 Å². The second-order valence-corrected chi connectivity index (χ2v) is 7.69. The van der Waals surface area contributed by atoms with E-state index in [4.69, 9.17) is 0 Å². The van der Waals surface area contributed by atoms with Gasteiger partial charge in [0.05, 0.1) is 29.4 Å². The van der Waals surface area contributed by atoms with Crippen molar-refractivity contribution in [2.24, 2.45) is 0 Å². The van der Waals surface area contributed by atoms with Gasteiger partial charge in [0, 0.05) is 25.2 Å². The van der Waals surface area contributed by atoms with Crippen LogP contribution in [0, 0.1) is 17.1 Å². The van der Waals surface area contributed by atoms with Crippen LogP contribution >= 0.6 is 0 Å². The number of carbonyl (C=O) groups excluding carboxylic acids is 2. The zero-order valence-corrected chi connectivity index (χ0v) is 19.4. The monoisotopic (exact) mass is 474 g/mol. The summed E-state index contributed by atoms with van der Waals surface area (Å²) in [6.07, 6.45) is 0.507. The molecule has 0 saturated heterocycles. The highest BCUT2D eigenvalue weighted by atomic mass is 19.1. The first-order valence-corrected chi connectivity index (χ1v) is 11.2. The maximum atomic E-state index is 13.5. The third-order valence-electron chi connectivity index (χ3n) is 5.17. The fourth-order valence-corrected chi connectivity index (χ4v) is 3.39. The van der Waals surface area contributed by atoms with Crippen molar-refractivity contribution < 1.29 is 14.0 Å². The molecule has 0 aliphatic heterocycles. The molecular weight excluding hydrogens is 447 g/mol. The zero-order chi connectivity index (χ0) is 25.0. The molecule has 1 heterocycles. The number of halogens is 1. The van der Waals surface area contributed by atoms with Gasteiger partial charge >= 0.3 is 0 Å². The predicted octanol–water partition coefficient (Wildman–Crippen LogP) is 2.48. The molecule has 3 aromatic rings. The molecule has 0 saturated carbocycles. The second-order valence-electron chi connectivity index (χ2n) is 7.69. The quantitative estimate of drug-likeness (QED) is 0.317. The van der Waals surface area contributed by atoms with Crippen LogP contribution in [0.2, 0.25) is 0 Å². The highest BCUT2D eigenvalue weighted by molar-refractivity contribution is 6.00. The van der Waals surface area contributed by atoms with Crippen molar-refractivity contribution in [1.29, 1.82) is 5.26 Å². The van der Waals surface area contributed by atoms with E-state index < -0.39 is 5.91 Å². The Hall–Kier alpha value is -4.29. The molecule has 3 rings (SSSR count). The molecule has 9 heteroatoms. The van der Waals surface area contributed by atoms with Gasteiger partial charge in [-0.05, 0) is 49.4 Å². The standard InChI is InChI=1S/C26H27FN6O2/c1-29-13-14-30-24(34)17-32-26(35)22-9-10-23(21-8-3-2-6-19(21)16-28)33-25(22)31-12-11-18-5-4-7-20(27)15-18/h2-10,15,29H,11-14,17H2,1H3,(H,30,34)(H,31,33)(H,32,35). The van der Waals surface area contributed by atoms with Crippen molar-refractivity contribution in [3.8, 4) is 17.3 Å². The molecule has 0 unspecified atom stereocenters. The highest BCUT2D eigenvalue weighted by Gasteiger charge is 2.16. The van der Waals surface area contributed by atoms with E-state index in [-0.39, 0.29) is 23.8 Å². The number of nitrogens with one attached hydrogen (secondary N) is 4. The Morgan fingerprint density at radius 2 is 1.83 bits per heavy atom. The van der Waals surface area contributed by atoms with Gasteiger partial charge < -0.3 is 21.3 Å². The molecule has 2 amide bonds. The average molecular weight is 475 g/mol. The van der Waals surface area contributed by atoms with E-state index >= 15 is 0 Å². The molecular formula is C26H27FN6O2. The molecule has 0 radical (unpaired) electrons. The van der Waals surface area contributed by atoms with Crippen molar-refractivity contribution in [3.63, 3.8) is 0 Å². The largest absolute Gasteiger partial charge is 0.369 e. The lowest BCUT2D eigenvalue weighted by molar-refractivity contribution is -0.120. The normalized spacial score (nSPS) is 10.3. The SMILES string of the molecule is CNCCNC(=O)CNC(=O)c1ccc(-c2ccccc2C#N)nc1NCCc1cccc(F)c1. The van der Waals surface area contributed by atoms with E-state index in [9.17, 15) is 19.2 Å². The maximum Gasteiger partial charge on any atom is 0.255 e. The molecule has 0 fully saturated rings. The van der Waals surface area contributed by atoms with Crippen LogP contribution in [0.5, 0.6) is 0 Å². The third kappa shape index (κ3) is 7.35. The lowest BCUT2D eigenvalue weighted by Gasteiger charge is -2.14. The Labute approximate surface area is 203 Å². The van der Waals surface area contributed by atoms with Crippen molar-refractivity contribution in [2.45, 2.75) is 6.42 Å². The molecule has 1 aromatic heterocycles. The molecule has 0 bridgehead atoms. The van der Waals surface area contributed by atoms with Gasteiger partial charge in [0.25, 0.3) is 5.91 Å². The summed E-state index contributed by atoms with van der Waals surface area (Å²) in [5.41, 5.74) is 2.68. The Morgan fingerprint density at radius 3 is 2.60 bits per heavy atom. The van der Waals surface area contributed by atoms with Crippen LogP contribution in [-0.4, -0.2) is 50.0 Å². The van der Waals surface area contributed by atoms with Gasteiger partial charge in [-0.25, -0.2) is 9.37 Å². The number of hydrogen-bond donors (Lipinski definition) is 4. The summed E-state index contributed by atoms with van der Waals surface area (Å²) in [6.45, 7) is 1.29. The minimum Gasteiger partial charge on any atom is -0.369 e. The van der Waals surface area contributed by atoms with E-state index in [1.54, 1.807) is 43.4 Å². The van der Waals surface area contributed by atoms with E-state index in [1.165, 1.54) is 12.1 Å². The number of nitriles is 1. The molecule has 0 atom stereocenters. The number of aromatic nitrogens is 1. The number of pyridine rings is 1. The van der Waals surface area contributed by atoms with Gasteiger partial charge in [-0.2, -0.15) is 5.26 Å². The van der Waals surface area contributed by atoms with E-state index in [1.807, 2.05) is 12.1 Å². The van der Waals surface area contributed by atoms with Crippen molar-refractivity contribution in [1.82, 2.24) is 20.9 Å². The molecule has 0 aliphatic carbocycles. The van der Waals surface area contributed by atoms with Gasteiger partial charge in [0.2, 0.25) is 5.91 Å². The molecule has 0 aliphatic rings. The van der Waals surface area contributed by atoms with Gasteiger partial charge in [-0.1, -0.05) is 30.3 Å². The van der Waals surface area contributed by atoms with Crippen LogP contribution in [-0.2, 0) is 11.2 Å². The Morgan fingerprint density at radius 1 is 1.00 bits per heavy atom. The summed E-state index contributed by atoms with van der Waals surface area (Å²) in [6, 6.07) is 18.8. The molecule has 2 aromatic carbocycles. The first-order chi connectivity index (χ1) is 17.0. The van der Waals surface area contributed by atoms with E-state index in [2.05, 4.69) is 32.3 Å². The molecule has 180 valence electrons. The first-order valence-electron chi connectivity index (χ1n) is 11.2. The Balaban J connectivity index is 1.79. The number of nitrogens with zero attached hydrogens (tertiary/aromatic N) is 2. The maximum absolute atomic E-state index is 13.5.